The molecule has 2 saturated heterocycles. The molecule has 2 amide bonds. The molecule has 43 heavy (non-hydrogen) atoms. The van der Waals surface area contributed by atoms with Crippen LogP contribution in [-0.2, 0) is 32.2 Å². The van der Waals surface area contributed by atoms with Crippen LogP contribution in [0.5, 0.6) is 0 Å². The van der Waals surface area contributed by atoms with Crippen molar-refractivity contribution in [2.45, 2.75) is 56.8 Å². The summed E-state index contributed by atoms with van der Waals surface area (Å²) in [5.74, 6) is -2.04. The van der Waals surface area contributed by atoms with E-state index in [1.807, 2.05) is 0 Å². The third-order valence-corrected chi connectivity index (χ3v) is 10.3. The lowest BCUT2D eigenvalue weighted by atomic mass is 9.89. The first kappa shape index (κ1) is 30.7. The van der Waals surface area contributed by atoms with Crippen molar-refractivity contribution in [1.82, 2.24) is 14.5 Å². The molecule has 3 aliphatic rings. The van der Waals surface area contributed by atoms with Crippen LogP contribution in [-0.4, -0.2) is 83.3 Å². The van der Waals surface area contributed by atoms with Crippen LogP contribution in [0, 0.1) is 6.92 Å². The van der Waals surface area contributed by atoms with Crippen LogP contribution in [0.3, 0.4) is 0 Å². The smallest absolute Gasteiger partial charge is 0.416 e. The van der Waals surface area contributed by atoms with Crippen LogP contribution >= 0.6 is 0 Å². The molecule has 0 aliphatic carbocycles. The SMILES string of the molecule is Cc1cc(C(=O)N2CCCC2C(=O)O)ccc1CCS(=O)(=O)N1CCC2(CC1)N=C(c1cccc(C(F)(F)F)c1)NC2=O. The highest BCUT2D eigenvalue weighted by Gasteiger charge is 2.47. The number of carboxylic acids is 1. The minimum Gasteiger partial charge on any atom is -0.480 e. The Morgan fingerprint density at radius 3 is 2.49 bits per heavy atom. The zero-order valence-electron chi connectivity index (χ0n) is 23.4. The topological polar surface area (TPSA) is 136 Å². The standard InChI is InChI=1S/C29H31F3N4O6S/c1-18-16-21(25(37)36-12-3-6-23(36)26(38)39)8-7-19(18)9-15-43(41,42)35-13-10-28(11-14-35)27(40)33-24(34-28)20-4-2-5-22(17-20)29(30,31)32/h2,4-5,7-8,16-17,23H,3,6,9-15H2,1H3,(H,38,39)(H,33,34,40). The van der Waals surface area contributed by atoms with Gasteiger partial charge in [0.1, 0.15) is 17.4 Å². The van der Waals surface area contributed by atoms with Crippen molar-refractivity contribution in [3.8, 4) is 0 Å². The number of sulfonamides is 1. The van der Waals surface area contributed by atoms with E-state index in [2.05, 4.69) is 10.3 Å². The predicted octanol–water partition coefficient (Wildman–Crippen LogP) is 2.99. The van der Waals surface area contributed by atoms with E-state index < -0.39 is 45.2 Å². The summed E-state index contributed by atoms with van der Waals surface area (Å²) in [5.41, 5.74) is -0.194. The minimum absolute atomic E-state index is 0.0299. The molecule has 2 aromatic carbocycles. The van der Waals surface area contributed by atoms with Gasteiger partial charge in [0.2, 0.25) is 10.0 Å². The molecule has 2 fully saturated rings. The van der Waals surface area contributed by atoms with Gasteiger partial charge in [-0.2, -0.15) is 13.2 Å². The second-order valence-electron chi connectivity index (χ2n) is 11.1. The fourth-order valence-corrected chi connectivity index (χ4v) is 7.35. The molecule has 5 rings (SSSR count). The number of carbonyl (C=O) groups is 3. The summed E-state index contributed by atoms with van der Waals surface area (Å²) in [5, 5.41) is 12.0. The van der Waals surface area contributed by atoms with Crippen LogP contribution in [0.15, 0.2) is 47.5 Å². The van der Waals surface area contributed by atoms with Crippen molar-refractivity contribution in [3.05, 3.63) is 70.3 Å². The van der Waals surface area contributed by atoms with Gasteiger partial charge in [-0.05, 0) is 74.4 Å². The molecule has 1 atom stereocenters. The van der Waals surface area contributed by atoms with E-state index in [1.54, 1.807) is 25.1 Å². The number of rotatable bonds is 7. The maximum absolute atomic E-state index is 13.2. The average molecular weight is 621 g/mol. The average Bonchev–Trinajstić information content (AvgIpc) is 3.57. The van der Waals surface area contributed by atoms with Gasteiger partial charge in [0.15, 0.2) is 0 Å². The highest BCUT2D eigenvalue weighted by Crippen LogP contribution is 2.34. The highest BCUT2D eigenvalue weighted by molar-refractivity contribution is 7.89. The molecule has 0 radical (unpaired) electrons. The lowest BCUT2D eigenvalue weighted by Crippen LogP contribution is -2.50. The van der Waals surface area contributed by atoms with Gasteiger partial charge in [-0.15, -0.1) is 0 Å². The number of piperidine rings is 1. The zero-order valence-corrected chi connectivity index (χ0v) is 24.2. The summed E-state index contributed by atoms with van der Waals surface area (Å²) in [7, 11) is -3.72. The van der Waals surface area contributed by atoms with Crippen LogP contribution in [0.2, 0.25) is 0 Å². The van der Waals surface area contributed by atoms with E-state index in [1.165, 1.54) is 21.3 Å². The van der Waals surface area contributed by atoms with Crippen molar-refractivity contribution < 1.29 is 41.1 Å². The van der Waals surface area contributed by atoms with Crippen molar-refractivity contribution in [2.75, 3.05) is 25.4 Å². The van der Waals surface area contributed by atoms with Crippen molar-refractivity contribution >= 4 is 33.6 Å². The maximum Gasteiger partial charge on any atom is 0.416 e. The Morgan fingerprint density at radius 1 is 1.12 bits per heavy atom. The molecule has 2 N–H and O–H groups in total. The highest BCUT2D eigenvalue weighted by atomic mass is 32.2. The number of aryl methyl sites for hydroxylation is 2. The largest absolute Gasteiger partial charge is 0.480 e. The number of halogens is 3. The molecule has 10 nitrogen and oxygen atoms in total. The van der Waals surface area contributed by atoms with Gasteiger partial charge in [0, 0.05) is 30.8 Å². The summed E-state index contributed by atoms with van der Waals surface area (Å²) in [4.78, 5) is 43.0. The fourth-order valence-electron chi connectivity index (χ4n) is 5.88. The van der Waals surface area contributed by atoms with E-state index >= 15 is 0 Å². The number of carboxylic acid groups (broad SMARTS) is 1. The Balaban J connectivity index is 1.21. The fraction of sp³-hybridized carbons (Fsp3) is 0.448. The van der Waals surface area contributed by atoms with E-state index in [0.29, 0.717) is 30.5 Å². The Hall–Kier alpha value is -3.78. The van der Waals surface area contributed by atoms with Gasteiger partial charge in [-0.3, -0.25) is 14.6 Å². The number of hydrogen-bond acceptors (Lipinski definition) is 6. The van der Waals surface area contributed by atoms with Gasteiger partial charge in [-0.25, -0.2) is 17.5 Å². The summed E-state index contributed by atoms with van der Waals surface area (Å²) < 4.78 is 67.1. The Kier molecular flexibility index (Phi) is 8.11. The second-order valence-corrected chi connectivity index (χ2v) is 13.2. The lowest BCUT2D eigenvalue weighted by Gasteiger charge is -2.34. The van der Waals surface area contributed by atoms with Gasteiger partial charge >= 0.3 is 12.1 Å². The Labute approximate surface area is 246 Å². The number of alkyl halides is 3. The summed E-state index contributed by atoms with van der Waals surface area (Å²) in [6.45, 7) is 2.19. The Morgan fingerprint density at radius 2 is 1.84 bits per heavy atom. The molecule has 1 spiro atoms. The van der Waals surface area contributed by atoms with E-state index in [0.717, 1.165) is 17.7 Å². The first-order valence-corrected chi connectivity index (χ1v) is 15.5. The molecule has 2 aromatic rings. The molecule has 3 aliphatic heterocycles. The maximum atomic E-state index is 13.2. The van der Waals surface area contributed by atoms with Gasteiger partial charge in [0.05, 0.1) is 11.3 Å². The predicted molar refractivity (Wildman–Crippen MR) is 150 cm³/mol. The number of likely N-dealkylation sites (tertiary alicyclic amines) is 1. The van der Waals surface area contributed by atoms with Gasteiger partial charge < -0.3 is 15.3 Å². The third-order valence-electron chi connectivity index (χ3n) is 8.40. The summed E-state index contributed by atoms with van der Waals surface area (Å²) in [6.07, 6.45) is -3.17. The van der Waals surface area contributed by atoms with Crippen LogP contribution in [0.4, 0.5) is 13.2 Å². The molecule has 0 bridgehead atoms. The van der Waals surface area contributed by atoms with Gasteiger partial charge in [-0.1, -0.05) is 18.2 Å². The number of nitrogens with zero attached hydrogens (tertiary/aromatic N) is 3. The minimum atomic E-state index is -4.55. The number of amidine groups is 1. The normalized spacial score (nSPS) is 20.7. The number of benzene rings is 2. The summed E-state index contributed by atoms with van der Waals surface area (Å²) >= 11 is 0. The molecular formula is C29H31F3N4O6S. The summed E-state index contributed by atoms with van der Waals surface area (Å²) in [6, 6.07) is 8.57. The van der Waals surface area contributed by atoms with Crippen molar-refractivity contribution in [2.24, 2.45) is 4.99 Å². The zero-order chi connectivity index (χ0) is 31.2. The monoisotopic (exact) mass is 620 g/mol. The number of aliphatic carboxylic acids is 1. The third kappa shape index (κ3) is 6.16. The van der Waals surface area contributed by atoms with E-state index in [9.17, 15) is 41.1 Å². The van der Waals surface area contributed by atoms with E-state index in [-0.39, 0.29) is 55.4 Å². The molecule has 0 aromatic heterocycles. The molecule has 14 heteroatoms. The quantitative estimate of drug-likeness (QED) is 0.489. The molecule has 1 unspecified atom stereocenters. The van der Waals surface area contributed by atoms with Crippen LogP contribution in [0.25, 0.3) is 0 Å². The van der Waals surface area contributed by atoms with Crippen LogP contribution in [0.1, 0.15) is 58.3 Å². The molecule has 0 saturated carbocycles. The number of amides is 2. The molecule has 230 valence electrons. The number of aliphatic imine (C=N–C) groups is 1. The van der Waals surface area contributed by atoms with Crippen molar-refractivity contribution in [3.63, 3.8) is 0 Å². The van der Waals surface area contributed by atoms with Crippen LogP contribution < -0.4 is 5.32 Å². The van der Waals surface area contributed by atoms with E-state index in [4.69, 9.17) is 0 Å². The Bertz CT molecular complexity index is 1600. The second kappa shape index (κ2) is 11.4. The first-order valence-electron chi connectivity index (χ1n) is 13.9. The molecular weight excluding hydrogens is 589 g/mol. The number of carbonyl (C=O) groups excluding carboxylic acids is 2. The number of hydrogen-bond donors (Lipinski definition) is 2. The van der Waals surface area contributed by atoms with Gasteiger partial charge in [0.25, 0.3) is 11.8 Å². The number of nitrogens with one attached hydrogen (secondary N) is 1. The molecule has 3 heterocycles. The van der Waals surface area contributed by atoms with Crippen molar-refractivity contribution in [1.29, 1.82) is 0 Å². The first-order chi connectivity index (χ1) is 20.2. The lowest BCUT2D eigenvalue weighted by molar-refractivity contribution is -0.141.